The van der Waals surface area contributed by atoms with Crippen LogP contribution in [0.2, 0.25) is 0 Å². The van der Waals surface area contributed by atoms with Gasteiger partial charge < -0.3 is 10.6 Å². The molecule has 1 amide bonds. The smallest absolute Gasteiger partial charge is 0.295 e. The van der Waals surface area contributed by atoms with Crippen LogP contribution in [0.3, 0.4) is 0 Å². The number of hydrogen-bond acceptors (Lipinski definition) is 7. The lowest BCUT2D eigenvalue weighted by Crippen LogP contribution is -2.25. The number of nitrogens with zero attached hydrogens (tertiary/aromatic N) is 3. The number of amides is 1. The van der Waals surface area contributed by atoms with Gasteiger partial charge in [0.15, 0.2) is 5.13 Å². The minimum absolute atomic E-state index is 0.0418. The van der Waals surface area contributed by atoms with Gasteiger partial charge in [0.1, 0.15) is 5.69 Å². The molecular formula is C22H22N6O4S2. The van der Waals surface area contributed by atoms with E-state index < -0.39 is 10.0 Å². The Balaban J connectivity index is 1.41. The Bertz CT molecular complexity index is 1460. The average Bonchev–Trinajstić information content (AvgIpc) is 3.39. The summed E-state index contributed by atoms with van der Waals surface area (Å²) in [5.41, 5.74) is 1.89. The van der Waals surface area contributed by atoms with Crippen molar-refractivity contribution in [3.05, 3.63) is 82.2 Å². The molecule has 0 unspecified atom stereocenters. The fourth-order valence-electron chi connectivity index (χ4n) is 3.31. The van der Waals surface area contributed by atoms with Crippen molar-refractivity contribution in [1.82, 2.24) is 14.3 Å². The molecule has 0 aliphatic rings. The van der Waals surface area contributed by atoms with Crippen LogP contribution in [0, 0.1) is 6.92 Å². The number of carbonyl (C=O) groups excluding carboxylic acids is 1. The van der Waals surface area contributed by atoms with Gasteiger partial charge in [-0.25, -0.2) is 18.1 Å². The number of thiazole rings is 1. The molecule has 4 aromatic rings. The molecule has 2 aromatic heterocycles. The lowest BCUT2D eigenvalue weighted by atomic mass is 10.3. The first-order valence-electron chi connectivity index (χ1n) is 10.2. The van der Waals surface area contributed by atoms with Crippen LogP contribution in [0.15, 0.2) is 75.9 Å². The van der Waals surface area contributed by atoms with Gasteiger partial charge in [-0.1, -0.05) is 18.2 Å². The van der Waals surface area contributed by atoms with Crippen LogP contribution in [-0.2, 0) is 21.9 Å². The molecule has 2 heterocycles. The predicted molar refractivity (Wildman–Crippen MR) is 132 cm³/mol. The lowest BCUT2D eigenvalue weighted by molar-refractivity contribution is -0.114. The van der Waals surface area contributed by atoms with Gasteiger partial charge in [0.25, 0.3) is 15.6 Å². The highest BCUT2D eigenvalue weighted by Gasteiger charge is 2.18. The minimum atomic E-state index is -3.78. The molecule has 0 saturated carbocycles. The Labute approximate surface area is 199 Å². The number of para-hydroxylation sites is 1. The molecule has 0 spiro atoms. The number of anilines is 3. The fraction of sp³-hybridized carbons (Fsp3) is 0.136. The third-order valence-electron chi connectivity index (χ3n) is 5.08. The molecule has 4 rings (SSSR count). The first kappa shape index (κ1) is 23.3. The Morgan fingerprint density at radius 3 is 2.44 bits per heavy atom. The van der Waals surface area contributed by atoms with E-state index in [4.69, 9.17) is 0 Å². The number of rotatable bonds is 8. The summed E-state index contributed by atoms with van der Waals surface area (Å²) in [6.45, 7) is 1.65. The Kier molecular flexibility index (Phi) is 6.52. The molecule has 2 aromatic carbocycles. The Hall–Kier alpha value is -3.90. The molecule has 176 valence electrons. The summed E-state index contributed by atoms with van der Waals surface area (Å²) in [6, 6.07) is 15.0. The summed E-state index contributed by atoms with van der Waals surface area (Å²) < 4.78 is 30.5. The van der Waals surface area contributed by atoms with Crippen molar-refractivity contribution in [1.29, 1.82) is 0 Å². The zero-order valence-electron chi connectivity index (χ0n) is 18.3. The lowest BCUT2D eigenvalue weighted by Gasteiger charge is -2.09. The summed E-state index contributed by atoms with van der Waals surface area (Å²) >= 11 is 1.17. The third-order valence-corrected chi connectivity index (χ3v) is 7.25. The van der Waals surface area contributed by atoms with E-state index in [-0.39, 0.29) is 28.0 Å². The highest BCUT2D eigenvalue weighted by atomic mass is 32.2. The first-order valence-corrected chi connectivity index (χ1v) is 12.5. The van der Waals surface area contributed by atoms with E-state index >= 15 is 0 Å². The summed E-state index contributed by atoms with van der Waals surface area (Å²) in [7, 11) is -2.00. The minimum Gasteiger partial charge on any atom is -0.370 e. The number of nitrogens with one attached hydrogen (secondary N) is 3. The van der Waals surface area contributed by atoms with E-state index in [2.05, 4.69) is 20.3 Å². The molecule has 0 atom stereocenters. The van der Waals surface area contributed by atoms with Crippen LogP contribution in [0.5, 0.6) is 0 Å². The normalized spacial score (nSPS) is 11.2. The molecule has 0 aliphatic heterocycles. The van der Waals surface area contributed by atoms with Crippen molar-refractivity contribution in [3.8, 4) is 5.69 Å². The number of benzene rings is 2. The van der Waals surface area contributed by atoms with Crippen molar-refractivity contribution in [3.63, 3.8) is 0 Å². The van der Waals surface area contributed by atoms with Gasteiger partial charge >= 0.3 is 0 Å². The molecule has 0 radical (unpaired) electrons. The second-order valence-corrected chi connectivity index (χ2v) is 9.88. The molecule has 3 N–H and O–H groups in total. The quantitative estimate of drug-likeness (QED) is 0.343. The first-order chi connectivity index (χ1) is 16.3. The van der Waals surface area contributed by atoms with E-state index in [1.165, 1.54) is 46.5 Å². The maximum atomic E-state index is 12.9. The maximum Gasteiger partial charge on any atom is 0.295 e. The number of carbonyl (C=O) groups is 1. The van der Waals surface area contributed by atoms with Crippen molar-refractivity contribution in [2.45, 2.75) is 11.8 Å². The number of hydrogen-bond donors (Lipinski definition) is 3. The van der Waals surface area contributed by atoms with Crippen LogP contribution < -0.4 is 20.9 Å². The van der Waals surface area contributed by atoms with Crippen molar-refractivity contribution in [2.24, 2.45) is 7.05 Å². The fourth-order valence-corrected chi connectivity index (χ4v) is 5.10. The SMILES string of the molecule is Cc1c(NCC(=O)Nc2ccc(S(=O)(=O)Nc3nccs3)cc2)c(=O)n(-c2ccccc2)n1C. The topological polar surface area (TPSA) is 127 Å². The molecular weight excluding hydrogens is 476 g/mol. The van der Waals surface area contributed by atoms with Gasteiger partial charge in [-0.05, 0) is 43.3 Å². The zero-order chi connectivity index (χ0) is 24.3. The molecule has 10 nitrogen and oxygen atoms in total. The van der Waals surface area contributed by atoms with Crippen molar-refractivity contribution < 1.29 is 13.2 Å². The number of sulfonamides is 1. The molecule has 0 saturated heterocycles. The molecule has 0 bridgehead atoms. The summed E-state index contributed by atoms with van der Waals surface area (Å²) in [5.74, 6) is -0.384. The maximum absolute atomic E-state index is 12.9. The second-order valence-electron chi connectivity index (χ2n) is 7.31. The Morgan fingerprint density at radius 2 is 1.79 bits per heavy atom. The molecule has 0 fully saturated rings. The second kappa shape index (κ2) is 9.53. The van der Waals surface area contributed by atoms with E-state index in [0.717, 1.165) is 5.69 Å². The van der Waals surface area contributed by atoms with Gasteiger partial charge in [0, 0.05) is 24.3 Å². The van der Waals surface area contributed by atoms with Crippen LogP contribution in [0.1, 0.15) is 5.69 Å². The van der Waals surface area contributed by atoms with E-state index in [1.807, 2.05) is 30.3 Å². The summed E-state index contributed by atoms with van der Waals surface area (Å²) in [5, 5.41) is 7.54. The number of aromatic nitrogens is 3. The zero-order valence-corrected chi connectivity index (χ0v) is 20.0. The monoisotopic (exact) mass is 498 g/mol. The van der Waals surface area contributed by atoms with Crippen LogP contribution >= 0.6 is 11.3 Å². The van der Waals surface area contributed by atoms with Gasteiger partial charge in [0.2, 0.25) is 5.91 Å². The van der Waals surface area contributed by atoms with Crippen molar-refractivity contribution in [2.75, 3.05) is 21.9 Å². The van der Waals surface area contributed by atoms with Crippen molar-refractivity contribution >= 4 is 43.8 Å². The standard InChI is InChI=1S/C22H22N6O4S2/c1-15-20(21(30)28(27(15)2)17-6-4-3-5-7-17)24-14-19(29)25-16-8-10-18(11-9-16)34(31,32)26-22-23-12-13-33-22/h3-13,24H,14H2,1-2H3,(H,23,26)(H,25,29). The molecule has 0 aliphatic carbocycles. The van der Waals surface area contributed by atoms with Gasteiger partial charge in [0.05, 0.1) is 22.8 Å². The van der Waals surface area contributed by atoms with Crippen LogP contribution in [0.25, 0.3) is 5.69 Å². The summed E-state index contributed by atoms with van der Waals surface area (Å²) in [6.07, 6.45) is 1.50. The van der Waals surface area contributed by atoms with Gasteiger partial charge in [-0.3, -0.25) is 19.0 Å². The van der Waals surface area contributed by atoms with E-state index in [0.29, 0.717) is 17.1 Å². The molecule has 34 heavy (non-hydrogen) atoms. The summed E-state index contributed by atoms with van der Waals surface area (Å²) in [4.78, 5) is 29.3. The highest BCUT2D eigenvalue weighted by molar-refractivity contribution is 7.93. The molecule has 12 heteroatoms. The van der Waals surface area contributed by atoms with Crippen LogP contribution in [0.4, 0.5) is 16.5 Å². The third kappa shape index (κ3) is 4.87. The van der Waals surface area contributed by atoms with E-state index in [9.17, 15) is 18.0 Å². The van der Waals surface area contributed by atoms with Gasteiger partial charge in [-0.2, -0.15) is 0 Å². The Morgan fingerprint density at radius 1 is 1.09 bits per heavy atom. The largest absolute Gasteiger partial charge is 0.370 e. The predicted octanol–water partition coefficient (Wildman–Crippen LogP) is 2.79. The highest BCUT2D eigenvalue weighted by Crippen LogP contribution is 2.20. The van der Waals surface area contributed by atoms with Gasteiger partial charge in [-0.15, -0.1) is 11.3 Å². The average molecular weight is 499 g/mol. The van der Waals surface area contributed by atoms with E-state index in [1.54, 1.807) is 24.0 Å². The van der Waals surface area contributed by atoms with Crippen LogP contribution in [-0.4, -0.2) is 35.2 Å².